The topological polar surface area (TPSA) is 95.1 Å². The number of morpholine rings is 1. The van der Waals surface area contributed by atoms with Crippen LogP contribution in [0.15, 0.2) is 18.2 Å². The number of anilines is 1. The van der Waals surface area contributed by atoms with Crippen LogP contribution < -0.4 is 15.0 Å². The number of nitrogens with zero attached hydrogens (tertiary/aromatic N) is 1. The zero-order valence-corrected chi connectivity index (χ0v) is 13.5. The van der Waals surface area contributed by atoms with Crippen LogP contribution >= 0.6 is 0 Å². The molecule has 1 unspecified atom stereocenters. The van der Waals surface area contributed by atoms with Crippen molar-refractivity contribution in [1.82, 2.24) is 0 Å². The molecule has 8 nitrogen and oxygen atoms in total. The highest BCUT2D eigenvalue weighted by atomic mass is 16.6. The average Bonchev–Trinajstić information content (AvgIpc) is 2.46. The lowest BCUT2D eigenvalue weighted by Gasteiger charge is -2.31. The summed E-state index contributed by atoms with van der Waals surface area (Å²) in [5.41, 5.74) is 0.346. The molecule has 0 radical (unpaired) electrons. The van der Waals surface area contributed by atoms with E-state index in [1.165, 1.54) is 25.3 Å². The lowest BCUT2D eigenvalue weighted by Crippen LogP contribution is -3.16. The Labute approximate surface area is 134 Å². The summed E-state index contributed by atoms with van der Waals surface area (Å²) in [4.78, 5) is 23.6. The number of nitrogens with one attached hydrogen (secondary N) is 2. The van der Waals surface area contributed by atoms with Gasteiger partial charge in [-0.3, -0.25) is 14.9 Å². The van der Waals surface area contributed by atoms with Gasteiger partial charge in [0.05, 0.1) is 23.8 Å². The van der Waals surface area contributed by atoms with E-state index in [9.17, 15) is 14.9 Å². The van der Waals surface area contributed by atoms with E-state index in [0.29, 0.717) is 12.2 Å². The van der Waals surface area contributed by atoms with Crippen LogP contribution in [0.2, 0.25) is 0 Å². The number of quaternary nitrogens is 1. The molecule has 23 heavy (non-hydrogen) atoms. The fraction of sp³-hybridized carbons (Fsp3) is 0.533. The minimum absolute atomic E-state index is 0.0821. The van der Waals surface area contributed by atoms with Crippen LogP contribution in [0.4, 0.5) is 11.4 Å². The van der Waals surface area contributed by atoms with E-state index in [1.807, 2.05) is 13.8 Å². The molecule has 0 saturated carbocycles. The van der Waals surface area contributed by atoms with Crippen LogP contribution in [0, 0.1) is 10.1 Å². The molecule has 1 aliphatic rings. The SMILES string of the molecule is COc1cc([N+](=O)[O-])ccc1NC(=O)C[NH+]1C[C@@H](C)O[C@@H](C)C1. The van der Waals surface area contributed by atoms with Gasteiger partial charge in [0.25, 0.3) is 11.6 Å². The second kappa shape index (κ2) is 7.38. The van der Waals surface area contributed by atoms with Gasteiger partial charge < -0.3 is 19.7 Å². The first-order valence-electron chi connectivity index (χ1n) is 7.50. The summed E-state index contributed by atoms with van der Waals surface area (Å²) in [7, 11) is 1.41. The van der Waals surface area contributed by atoms with E-state index in [0.717, 1.165) is 18.0 Å². The summed E-state index contributed by atoms with van der Waals surface area (Å²) in [6.45, 7) is 5.85. The van der Waals surface area contributed by atoms with Crippen LogP contribution in [-0.4, -0.2) is 49.8 Å². The molecule has 1 heterocycles. The maximum absolute atomic E-state index is 12.2. The van der Waals surface area contributed by atoms with Gasteiger partial charge in [0.2, 0.25) is 0 Å². The maximum Gasteiger partial charge on any atom is 0.279 e. The Morgan fingerprint density at radius 3 is 2.65 bits per heavy atom. The molecular weight excluding hydrogens is 302 g/mol. The van der Waals surface area contributed by atoms with Crippen LogP contribution in [-0.2, 0) is 9.53 Å². The third kappa shape index (κ3) is 4.64. The molecular formula is C15H22N3O5+. The van der Waals surface area contributed by atoms with Crippen molar-refractivity contribution in [1.29, 1.82) is 0 Å². The van der Waals surface area contributed by atoms with Gasteiger partial charge in [-0.15, -0.1) is 0 Å². The molecule has 2 rings (SSSR count). The van der Waals surface area contributed by atoms with Gasteiger partial charge in [0.15, 0.2) is 6.54 Å². The van der Waals surface area contributed by atoms with Gasteiger partial charge in [0.1, 0.15) is 31.0 Å². The first-order chi connectivity index (χ1) is 10.9. The van der Waals surface area contributed by atoms with Gasteiger partial charge in [-0.2, -0.15) is 0 Å². The van der Waals surface area contributed by atoms with Gasteiger partial charge >= 0.3 is 0 Å². The summed E-state index contributed by atoms with van der Waals surface area (Å²) in [6.07, 6.45) is 0.242. The molecule has 3 atom stereocenters. The molecule has 126 valence electrons. The zero-order valence-electron chi connectivity index (χ0n) is 13.5. The number of hydrogen-bond donors (Lipinski definition) is 2. The van der Waals surface area contributed by atoms with Crippen molar-refractivity contribution in [2.24, 2.45) is 0 Å². The highest BCUT2D eigenvalue weighted by molar-refractivity contribution is 5.93. The third-order valence-corrected chi connectivity index (χ3v) is 3.70. The number of nitro groups is 1. The zero-order chi connectivity index (χ0) is 17.0. The Kier molecular flexibility index (Phi) is 5.51. The van der Waals surface area contributed by atoms with Crippen molar-refractivity contribution < 1.29 is 24.1 Å². The van der Waals surface area contributed by atoms with Gasteiger partial charge in [-0.25, -0.2) is 0 Å². The molecule has 1 amide bonds. The van der Waals surface area contributed by atoms with Crippen molar-refractivity contribution in [3.8, 4) is 5.75 Å². The molecule has 1 saturated heterocycles. The predicted molar refractivity (Wildman–Crippen MR) is 83.9 cm³/mol. The molecule has 0 aliphatic carbocycles. The lowest BCUT2D eigenvalue weighted by atomic mass is 10.2. The third-order valence-electron chi connectivity index (χ3n) is 3.70. The summed E-state index contributed by atoms with van der Waals surface area (Å²) in [5.74, 6) is 0.111. The largest absolute Gasteiger partial charge is 0.494 e. The number of nitro benzene ring substituents is 1. The Hall–Kier alpha value is -2.19. The number of methoxy groups -OCH3 is 1. The van der Waals surface area contributed by atoms with Crippen LogP contribution in [0.5, 0.6) is 5.75 Å². The predicted octanol–water partition coefficient (Wildman–Crippen LogP) is 0.234. The van der Waals surface area contributed by atoms with Crippen LogP contribution in [0.25, 0.3) is 0 Å². The van der Waals surface area contributed by atoms with Crippen molar-refractivity contribution in [3.05, 3.63) is 28.3 Å². The number of rotatable bonds is 5. The molecule has 1 aromatic rings. The fourth-order valence-corrected chi connectivity index (χ4v) is 2.85. The first-order valence-corrected chi connectivity index (χ1v) is 7.50. The quantitative estimate of drug-likeness (QED) is 0.597. The number of benzene rings is 1. The highest BCUT2D eigenvalue weighted by Crippen LogP contribution is 2.28. The molecule has 8 heteroatoms. The fourth-order valence-electron chi connectivity index (χ4n) is 2.85. The van der Waals surface area contributed by atoms with Gasteiger partial charge in [-0.05, 0) is 19.9 Å². The van der Waals surface area contributed by atoms with Crippen molar-refractivity contribution in [2.45, 2.75) is 26.1 Å². The lowest BCUT2D eigenvalue weighted by molar-refractivity contribution is -0.907. The Morgan fingerprint density at radius 2 is 2.09 bits per heavy atom. The van der Waals surface area contributed by atoms with E-state index in [2.05, 4.69) is 5.32 Å². The van der Waals surface area contributed by atoms with Crippen molar-refractivity contribution in [3.63, 3.8) is 0 Å². The minimum Gasteiger partial charge on any atom is -0.494 e. The normalized spacial score (nSPS) is 24.0. The van der Waals surface area contributed by atoms with E-state index in [-0.39, 0.29) is 29.6 Å². The monoisotopic (exact) mass is 324 g/mol. The highest BCUT2D eigenvalue weighted by Gasteiger charge is 2.27. The number of carbonyl (C=O) groups excluding carboxylic acids is 1. The van der Waals surface area contributed by atoms with Crippen molar-refractivity contribution >= 4 is 17.3 Å². The van der Waals surface area contributed by atoms with Crippen LogP contribution in [0.3, 0.4) is 0 Å². The van der Waals surface area contributed by atoms with E-state index < -0.39 is 4.92 Å². The Balaban J connectivity index is 2.01. The second-order valence-electron chi connectivity index (χ2n) is 5.78. The molecule has 1 aromatic carbocycles. The number of non-ortho nitro benzene ring substituents is 1. The average molecular weight is 324 g/mol. The molecule has 0 bridgehead atoms. The maximum atomic E-state index is 12.2. The summed E-state index contributed by atoms with van der Waals surface area (Å²) < 4.78 is 10.8. The first kappa shape index (κ1) is 17.2. The number of ether oxygens (including phenoxy) is 2. The molecule has 0 aromatic heterocycles. The van der Waals surface area contributed by atoms with E-state index in [4.69, 9.17) is 9.47 Å². The number of amides is 1. The molecule has 1 aliphatic heterocycles. The minimum atomic E-state index is -0.505. The number of hydrogen-bond acceptors (Lipinski definition) is 5. The molecule has 1 fully saturated rings. The van der Waals surface area contributed by atoms with Gasteiger partial charge in [-0.1, -0.05) is 0 Å². The second-order valence-corrected chi connectivity index (χ2v) is 5.78. The Morgan fingerprint density at radius 1 is 1.43 bits per heavy atom. The smallest absolute Gasteiger partial charge is 0.279 e. The van der Waals surface area contributed by atoms with E-state index >= 15 is 0 Å². The Bertz CT molecular complexity index is 582. The molecule has 0 spiro atoms. The standard InChI is InChI=1S/C15H21N3O5/c1-10-7-17(8-11(2)23-10)9-15(19)16-13-5-4-12(18(20)21)6-14(13)22-3/h4-6,10-11H,7-9H2,1-3H3,(H,16,19)/p+1/t10-,11+. The van der Waals surface area contributed by atoms with Gasteiger partial charge in [0, 0.05) is 6.07 Å². The van der Waals surface area contributed by atoms with Crippen LogP contribution in [0.1, 0.15) is 13.8 Å². The summed E-state index contributed by atoms with van der Waals surface area (Å²) in [6, 6.07) is 4.11. The number of carbonyl (C=O) groups is 1. The van der Waals surface area contributed by atoms with E-state index in [1.54, 1.807) is 0 Å². The summed E-state index contributed by atoms with van der Waals surface area (Å²) in [5, 5.41) is 13.5. The summed E-state index contributed by atoms with van der Waals surface area (Å²) >= 11 is 0. The molecule has 2 N–H and O–H groups in total. The van der Waals surface area contributed by atoms with Crippen molar-refractivity contribution in [2.75, 3.05) is 32.1 Å².